The van der Waals surface area contributed by atoms with Crippen molar-refractivity contribution in [2.24, 2.45) is 11.8 Å². The van der Waals surface area contributed by atoms with Crippen molar-refractivity contribution in [3.05, 3.63) is 35.4 Å². The van der Waals surface area contributed by atoms with Gasteiger partial charge in [-0.15, -0.1) is 0 Å². The Balaban J connectivity index is 1.82. The molecule has 0 saturated heterocycles. The van der Waals surface area contributed by atoms with E-state index in [-0.39, 0.29) is 0 Å². The second kappa shape index (κ2) is 5.26. The average Bonchev–Trinajstić information content (AvgIpc) is 2.47. The molecule has 1 aromatic rings. The molecule has 2 aliphatic carbocycles. The first-order valence-corrected chi connectivity index (χ1v) is 7.43. The minimum Gasteiger partial charge on any atom is -0.298 e. The van der Waals surface area contributed by atoms with Gasteiger partial charge in [0.1, 0.15) is 6.29 Å². The standard InChI is InChI=1S/C17H22O/c18-12-13-8-10-15(11-9-13)17-7-3-5-14-4-1-2-6-16(14)17/h8-12,14,16-17H,1-7H2. The predicted molar refractivity (Wildman–Crippen MR) is 73.9 cm³/mol. The third-order valence-corrected chi connectivity index (χ3v) is 5.08. The van der Waals surface area contributed by atoms with Crippen LogP contribution in [0.3, 0.4) is 0 Å². The van der Waals surface area contributed by atoms with Gasteiger partial charge in [-0.25, -0.2) is 0 Å². The van der Waals surface area contributed by atoms with E-state index in [1.807, 2.05) is 12.1 Å². The number of fused-ring (bicyclic) bond motifs is 1. The number of hydrogen-bond donors (Lipinski definition) is 0. The van der Waals surface area contributed by atoms with E-state index in [9.17, 15) is 4.79 Å². The van der Waals surface area contributed by atoms with E-state index in [4.69, 9.17) is 0 Å². The van der Waals surface area contributed by atoms with Crippen LogP contribution in [0.5, 0.6) is 0 Å². The predicted octanol–water partition coefficient (Wildman–Crippen LogP) is 4.57. The quantitative estimate of drug-likeness (QED) is 0.694. The molecule has 1 heteroatoms. The molecule has 2 aliphatic rings. The van der Waals surface area contributed by atoms with Crippen molar-refractivity contribution in [3.63, 3.8) is 0 Å². The van der Waals surface area contributed by atoms with Crippen molar-refractivity contribution < 1.29 is 4.79 Å². The maximum absolute atomic E-state index is 10.7. The Morgan fingerprint density at radius 3 is 2.39 bits per heavy atom. The highest BCUT2D eigenvalue weighted by molar-refractivity contribution is 5.74. The van der Waals surface area contributed by atoms with Crippen LogP contribution < -0.4 is 0 Å². The van der Waals surface area contributed by atoms with E-state index in [1.165, 1.54) is 50.5 Å². The first-order valence-electron chi connectivity index (χ1n) is 7.43. The summed E-state index contributed by atoms with van der Waals surface area (Å²) in [6.07, 6.45) is 10.9. The van der Waals surface area contributed by atoms with Gasteiger partial charge in [-0.2, -0.15) is 0 Å². The summed E-state index contributed by atoms with van der Waals surface area (Å²) in [5, 5.41) is 0. The Morgan fingerprint density at radius 1 is 0.889 bits per heavy atom. The fraction of sp³-hybridized carbons (Fsp3) is 0.588. The number of carbonyl (C=O) groups is 1. The third-order valence-electron chi connectivity index (χ3n) is 5.08. The minimum absolute atomic E-state index is 0.754. The molecule has 1 nitrogen and oxygen atoms in total. The molecule has 0 heterocycles. The largest absolute Gasteiger partial charge is 0.298 e. The molecule has 0 radical (unpaired) electrons. The summed E-state index contributed by atoms with van der Waals surface area (Å²) in [7, 11) is 0. The van der Waals surface area contributed by atoms with Gasteiger partial charge in [-0.3, -0.25) is 4.79 Å². The summed E-state index contributed by atoms with van der Waals surface area (Å²) >= 11 is 0. The molecule has 3 unspecified atom stereocenters. The minimum atomic E-state index is 0.754. The van der Waals surface area contributed by atoms with Crippen LogP contribution in [0, 0.1) is 11.8 Å². The highest BCUT2D eigenvalue weighted by atomic mass is 16.1. The Morgan fingerprint density at radius 2 is 1.61 bits per heavy atom. The summed E-state index contributed by atoms with van der Waals surface area (Å²) in [5.41, 5.74) is 2.27. The number of rotatable bonds is 2. The van der Waals surface area contributed by atoms with Crippen LogP contribution in [-0.4, -0.2) is 6.29 Å². The number of aldehydes is 1. The van der Waals surface area contributed by atoms with Crippen LogP contribution in [0.4, 0.5) is 0 Å². The lowest BCUT2D eigenvalue weighted by Gasteiger charge is -2.41. The van der Waals surface area contributed by atoms with Crippen LogP contribution in [0.15, 0.2) is 24.3 Å². The number of carbonyl (C=O) groups excluding carboxylic acids is 1. The zero-order valence-electron chi connectivity index (χ0n) is 11.0. The summed E-state index contributed by atoms with van der Waals surface area (Å²) in [4.78, 5) is 10.7. The topological polar surface area (TPSA) is 17.1 Å². The monoisotopic (exact) mass is 242 g/mol. The summed E-state index contributed by atoms with van der Waals surface area (Å²) < 4.78 is 0. The molecular weight excluding hydrogens is 220 g/mol. The first kappa shape index (κ1) is 12.0. The van der Waals surface area contributed by atoms with Crippen LogP contribution in [-0.2, 0) is 0 Å². The van der Waals surface area contributed by atoms with Crippen LogP contribution >= 0.6 is 0 Å². The van der Waals surface area contributed by atoms with Crippen LogP contribution in [0.25, 0.3) is 0 Å². The average molecular weight is 242 g/mol. The molecular formula is C17H22O. The van der Waals surface area contributed by atoms with Crippen LogP contribution in [0.1, 0.15) is 66.8 Å². The Kier molecular flexibility index (Phi) is 3.49. The van der Waals surface area contributed by atoms with Crippen molar-refractivity contribution in [1.82, 2.24) is 0 Å². The van der Waals surface area contributed by atoms with Gasteiger partial charge < -0.3 is 0 Å². The number of hydrogen-bond acceptors (Lipinski definition) is 1. The lowest BCUT2D eigenvalue weighted by atomic mass is 9.64. The molecule has 0 bridgehead atoms. The van der Waals surface area contributed by atoms with Gasteiger partial charge in [-0.1, -0.05) is 56.4 Å². The number of benzene rings is 1. The Labute approximate surface area is 110 Å². The van der Waals surface area contributed by atoms with Crippen molar-refractivity contribution in [2.75, 3.05) is 0 Å². The fourth-order valence-electron chi connectivity index (χ4n) is 4.17. The Bertz CT molecular complexity index is 404. The van der Waals surface area contributed by atoms with Crippen molar-refractivity contribution >= 4 is 6.29 Å². The van der Waals surface area contributed by atoms with E-state index in [1.54, 1.807) is 0 Å². The summed E-state index contributed by atoms with van der Waals surface area (Å²) in [5.74, 6) is 2.64. The molecule has 3 atom stereocenters. The molecule has 1 aromatic carbocycles. The molecule has 0 amide bonds. The van der Waals surface area contributed by atoms with Crippen molar-refractivity contribution in [2.45, 2.75) is 50.9 Å². The van der Waals surface area contributed by atoms with Crippen LogP contribution in [0.2, 0.25) is 0 Å². The molecule has 0 N–H and O–H groups in total. The fourth-order valence-corrected chi connectivity index (χ4v) is 4.17. The smallest absolute Gasteiger partial charge is 0.150 e. The van der Waals surface area contributed by atoms with Gasteiger partial charge in [0.2, 0.25) is 0 Å². The highest BCUT2D eigenvalue weighted by Gasteiger charge is 2.35. The molecule has 18 heavy (non-hydrogen) atoms. The van der Waals surface area contributed by atoms with E-state index < -0.39 is 0 Å². The van der Waals surface area contributed by atoms with E-state index in [0.717, 1.165) is 29.6 Å². The summed E-state index contributed by atoms with van der Waals surface area (Å²) in [6, 6.07) is 8.33. The van der Waals surface area contributed by atoms with Gasteiger partial charge >= 0.3 is 0 Å². The lowest BCUT2D eigenvalue weighted by molar-refractivity contribution is 0.112. The molecule has 2 saturated carbocycles. The van der Waals surface area contributed by atoms with Gasteiger partial charge in [0.05, 0.1) is 0 Å². The third kappa shape index (κ3) is 2.23. The zero-order valence-corrected chi connectivity index (χ0v) is 11.0. The van der Waals surface area contributed by atoms with E-state index >= 15 is 0 Å². The molecule has 96 valence electrons. The lowest BCUT2D eigenvalue weighted by Crippen LogP contribution is -2.29. The maximum atomic E-state index is 10.7. The normalized spacial score (nSPS) is 31.7. The van der Waals surface area contributed by atoms with E-state index in [2.05, 4.69) is 12.1 Å². The van der Waals surface area contributed by atoms with Crippen molar-refractivity contribution in [1.29, 1.82) is 0 Å². The first-order chi connectivity index (χ1) is 8.88. The second-order valence-corrected chi connectivity index (χ2v) is 6.03. The van der Waals surface area contributed by atoms with Gasteiger partial charge in [0, 0.05) is 5.56 Å². The molecule has 2 fully saturated rings. The zero-order chi connectivity index (χ0) is 12.4. The summed E-state index contributed by atoms with van der Waals surface area (Å²) in [6.45, 7) is 0. The maximum Gasteiger partial charge on any atom is 0.150 e. The van der Waals surface area contributed by atoms with Gasteiger partial charge in [0.25, 0.3) is 0 Å². The Hall–Kier alpha value is -1.11. The SMILES string of the molecule is O=Cc1ccc(C2CCCC3CCCCC32)cc1. The molecule has 0 spiro atoms. The second-order valence-electron chi connectivity index (χ2n) is 6.03. The van der Waals surface area contributed by atoms with Crippen molar-refractivity contribution in [3.8, 4) is 0 Å². The van der Waals surface area contributed by atoms with Gasteiger partial charge in [-0.05, 0) is 36.2 Å². The van der Waals surface area contributed by atoms with Gasteiger partial charge in [0.15, 0.2) is 0 Å². The van der Waals surface area contributed by atoms with E-state index in [0.29, 0.717) is 0 Å². The molecule has 0 aliphatic heterocycles. The molecule has 0 aromatic heterocycles. The highest BCUT2D eigenvalue weighted by Crippen LogP contribution is 2.48. The molecule has 3 rings (SSSR count).